The number of para-hydroxylation sites is 1. The molecule has 0 fully saturated rings. The van der Waals surface area contributed by atoms with Crippen molar-refractivity contribution in [1.29, 1.82) is 0 Å². The molecule has 2 atom stereocenters. The molecule has 3 rings (SSSR count). The molecule has 2 heterocycles. The van der Waals surface area contributed by atoms with Crippen molar-refractivity contribution in [2.45, 2.75) is 31.7 Å². The molecule has 4 nitrogen and oxygen atoms in total. The van der Waals surface area contributed by atoms with E-state index in [9.17, 15) is 0 Å². The van der Waals surface area contributed by atoms with Gasteiger partial charge in [0.05, 0.1) is 12.5 Å². The predicted octanol–water partition coefficient (Wildman–Crippen LogP) is 2.28. The van der Waals surface area contributed by atoms with E-state index in [2.05, 4.69) is 16.0 Å². The van der Waals surface area contributed by atoms with Gasteiger partial charge in [-0.1, -0.05) is 18.2 Å². The van der Waals surface area contributed by atoms with Crippen molar-refractivity contribution in [1.82, 2.24) is 9.97 Å². The second-order valence-electron chi connectivity index (χ2n) is 5.36. The molecule has 0 spiro atoms. The van der Waals surface area contributed by atoms with Gasteiger partial charge in [0, 0.05) is 24.0 Å². The maximum atomic E-state index is 5.80. The van der Waals surface area contributed by atoms with Gasteiger partial charge >= 0.3 is 0 Å². The molecular weight excluding hydrogens is 250 g/mol. The zero-order valence-electron chi connectivity index (χ0n) is 11.6. The maximum Gasteiger partial charge on any atom is 0.135 e. The van der Waals surface area contributed by atoms with Crippen LogP contribution < -0.4 is 10.5 Å². The molecule has 0 amide bonds. The number of hydrogen-bond acceptors (Lipinski definition) is 4. The Hall–Kier alpha value is -1.94. The second-order valence-corrected chi connectivity index (χ2v) is 5.36. The van der Waals surface area contributed by atoms with Crippen LogP contribution in [0.25, 0.3) is 0 Å². The summed E-state index contributed by atoms with van der Waals surface area (Å²) < 4.78 is 5.68. The number of rotatable bonds is 3. The molecule has 2 aromatic rings. The van der Waals surface area contributed by atoms with Gasteiger partial charge < -0.3 is 10.5 Å². The standard InChI is InChI=1S/C16H19N3O/c1-11(17)8-12-9-18-16(19-10-12)14-6-7-20-15-5-3-2-4-13(14)15/h2-5,9-11,14H,6-8,17H2,1H3. The van der Waals surface area contributed by atoms with Gasteiger partial charge in [-0.25, -0.2) is 9.97 Å². The van der Waals surface area contributed by atoms with Crippen molar-refractivity contribution in [2.24, 2.45) is 5.73 Å². The van der Waals surface area contributed by atoms with Gasteiger partial charge in [0.25, 0.3) is 0 Å². The first kappa shape index (κ1) is 13.1. The molecule has 2 N–H and O–H groups in total. The quantitative estimate of drug-likeness (QED) is 0.928. The molecule has 4 heteroatoms. The van der Waals surface area contributed by atoms with Crippen molar-refractivity contribution < 1.29 is 4.74 Å². The van der Waals surface area contributed by atoms with E-state index in [1.54, 1.807) is 0 Å². The maximum absolute atomic E-state index is 5.80. The third-order valence-corrected chi connectivity index (χ3v) is 3.55. The molecule has 1 aromatic carbocycles. The minimum Gasteiger partial charge on any atom is -0.493 e. The zero-order valence-corrected chi connectivity index (χ0v) is 11.6. The number of nitrogens with zero attached hydrogens (tertiary/aromatic N) is 2. The molecule has 0 saturated carbocycles. The van der Waals surface area contributed by atoms with Crippen LogP contribution in [0.5, 0.6) is 5.75 Å². The monoisotopic (exact) mass is 269 g/mol. The first-order valence-corrected chi connectivity index (χ1v) is 7.02. The van der Waals surface area contributed by atoms with Gasteiger partial charge in [0.2, 0.25) is 0 Å². The number of ether oxygens (including phenoxy) is 1. The van der Waals surface area contributed by atoms with Gasteiger partial charge in [-0.15, -0.1) is 0 Å². The topological polar surface area (TPSA) is 61.0 Å². The van der Waals surface area contributed by atoms with Gasteiger partial charge in [-0.3, -0.25) is 0 Å². The molecule has 20 heavy (non-hydrogen) atoms. The van der Waals surface area contributed by atoms with Crippen LogP contribution in [-0.4, -0.2) is 22.6 Å². The minimum atomic E-state index is 0.133. The van der Waals surface area contributed by atoms with E-state index in [1.807, 2.05) is 37.5 Å². The number of fused-ring (bicyclic) bond motifs is 1. The summed E-state index contributed by atoms with van der Waals surface area (Å²) >= 11 is 0. The molecule has 0 aliphatic carbocycles. The minimum absolute atomic E-state index is 0.133. The fraction of sp³-hybridized carbons (Fsp3) is 0.375. The van der Waals surface area contributed by atoms with E-state index in [4.69, 9.17) is 10.5 Å². The van der Waals surface area contributed by atoms with Gasteiger partial charge in [0.1, 0.15) is 11.6 Å². The lowest BCUT2D eigenvalue weighted by Gasteiger charge is -2.24. The van der Waals surface area contributed by atoms with Crippen LogP contribution >= 0.6 is 0 Å². The largest absolute Gasteiger partial charge is 0.493 e. The van der Waals surface area contributed by atoms with Crippen molar-refractivity contribution >= 4 is 0 Å². The Balaban J connectivity index is 1.87. The number of aromatic nitrogens is 2. The highest BCUT2D eigenvalue weighted by molar-refractivity contribution is 5.40. The summed E-state index contributed by atoms with van der Waals surface area (Å²) in [5, 5.41) is 0. The van der Waals surface area contributed by atoms with Crippen molar-refractivity contribution in [3.05, 3.63) is 53.6 Å². The van der Waals surface area contributed by atoms with Gasteiger partial charge in [0.15, 0.2) is 0 Å². The molecular formula is C16H19N3O. The lowest BCUT2D eigenvalue weighted by molar-refractivity contribution is 0.274. The zero-order chi connectivity index (χ0) is 13.9. The van der Waals surface area contributed by atoms with Crippen LogP contribution in [0.4, 0.5) is 0 Å². The van der Waals surface area contributed by atoms with E-state index >= 15 is 0 Å². The lowest BCUT2D eigenvalue weighted by atomic mass is 9.92. The SMILES string of the molecule is CC(N)Cc1cnc(C2CCOc3ccccc32)nc1. The van der Waals surface area contributed by atoms with Crippen LogP contribution in [0, 0.1) is 0 Å². The number of hydrogen-bond donors (Lipinski definition) is 1. The number of benzene rings is 1. The Morgan fingerprint density at radius 2 is 2.05 bits per heavy atom. The summed E-state index contributed by atoms with van der Waals surface area (Å²) in [5.41, 5.74) is 8.06. The third kappa shape index (κ3) is 2.65. The van der Waals surface area contributed by atoms with Crippen LogP contribution in [0.2, 0.25) is 0 Å². The molecule has 0 saturated heterocycles. The Morgan fingerprint density at radius 1 is 1.30 bits per heavy atom. The Bertz CT molecular complexity index is 581. The molecule has 1 aromatic heterocycles. The highest BCUT2D eigenvalue weighted by Crippen LogP contribution is 2.36. The second kappa shape index (κ2) is 5.59. The number of nitrogens with two attached hydrogens (primary N) is 1. The van der Waals surface area contributed by atoms with Crippen molar-refractivity contribution in [2.75, 3.05) is 6.61 Å². The summed E-state index contributed by atoms with van der Waals surface area (Å²) in [6.45, 7) is 2.70. The molecule has 1 aliphatic rings. The normalized spacial score (nSPS) is 19.0. The molecule has 0 radical (unpaired) electrons. The van der Waals surface area contributed by atoms with Crippen LogP contribution in [-0.2, 0) is 6.42 Å². The Morgan fingerprint density at radius 3 is 2.80 bits per heavy atom. The summed E-state index contributed by atoms with van der Waals surface area (Å²) in [4.78, 5) is 9.06. The molecule has 2 unspecified atom stereocenters. The van der Waals surface area contributed by atoms with E-state index in [-0.39, 0.29) is 12.0 Å². The van der Waals surface area contributed by atoms with Crippen LogP contribution in [0.3, 0.4) is 0 Å². The molecule has 1 aliphatic heterocycles. The Labute approximate surface area is 119 Å². The first-order chi connectivity index (χ1) is 9.74. The molecule has 0 bridgehead atoms. The highest BCUT2D eigenvalue weighted by atomic mass is 16.5. The summed E-state index contributed by atoms with van der Waals surface area (Å²) in [5.74, 6) is 2.05. The Kier molecular flexibility index (Phi) is 3.65. The van der Waals surface area contributed by atoms with Crippen LogP contribution in [0.15, 0.2) is 36.7 Å². The van der Waals surface area contributed by atoms with E-state index in [1.165, 1.54) is 5.56 Å². The third-order valence-electron chi connectivity index (χ3n) is 3.55. The first-order valence-electron chi connectivity index (χ1n) is 7.02. The van der Waals surface area contributed by atoms with E-state index in [0.29, 0.717) is 6.61 Å². The smallest absolute Gasteiger partial charge is 0.135 e. The van der Waals surface area contributed by atoms with Crippen molar-refractivity contribution in [3.63, 3.8) is 0 Å². The highest BCUT2D eigenvalue weighted by Gasteiger charge is 2.24. The van der Waals surface area contributed by atoms with E-state index in [0.717, 1.165) is 30.0 Å². The average Bonchev–Trinajstić information content (AvgIpc) is 2.47. The summed E-state index contributed by atoms with van der Waals surface area (Å²) in [6.07, 6.45) is 5.52. The van der Waals surface area contributed by atoms with Crippen LogP contribution in [0.1, 0.15) is 36.2 Å². The predicted molar refractivity (Wildman–Crippen MR) is 77.8 cm³/mol. The van der Waals surface area contributed by atoms with Gasteiger partial charge in [-0.2, -0.15) is 0 Å². The average molecular weight is 269 g/mol. The molecule has 104 valence electrons. The van der Waals surface area contributed by atoms with Crippen molar-refractivity contribution in [3.8, 4) is 5.75 Å². The fourth-order valence-corrected chi connectivity index (χ4v) is 2.63. The summed E-state index contributed by atoms with van der Waals surface area (Å²) in [6, 6.07) is 8.26. The lowest BCUT2D eigenvalue weighted by Crippen LogP contribution is -2.19. The van der Waals surface area contributed by atoms with E-state index < -0.39 is 0 Å². The summed E-state index contributed by atoms with van der Waals surface area (Å²) in [7, 11) is 0. The fourth-order valence-electron chi connectivity index (χ4n) is 2.63. The van der Waals surface area contributed by atoms with Gasteiger partial charge in [-0.05, 0) is 31.4 Å².